The minimum Gasteiger partial charge on any atom is -0.484 e. The summed E-state index contributed by atoms with van der Waals surface area (Å²) in [4.78, 5) is 20.9. The molecule has 5 heteroatoms. The van der Waals surface area contributed by atoms with E-state index in [0.29, 0.717) is 0 Å². The molecule has 0 bridgehead atoms. The third-order valence-corrected chi connectivity index (χ3v) is 4.29. The Morgan fingerprint density at radius 2 is 2.08 bits per heavy atom. The van der Waals surface area contributed by atoms with Gasteiger partial charge in [-0.1, -0.05) is 18.2 Å². The number of carbonyl (C=O) groups excluding carboxylic acids is 1. The summed E-state index contributed by atoms with van der Waals surface area (Å²) < 4.78 is 5.61. The number of pyridine rings is 1. The molecule has 0 unspecified atom stereocenters. The fourth-order valence-electron chi connectivity index (χ4n) is 3.04. The molecule has 1 fully saturated rings. The summed E-state index contributed by atoms with van der Waals surface area (Å²) in [5.41, 5.74) is 1.14. The van der Waals surface area contributed by atoms with Gasteiger partial charge in [0, 0.05) is 26.8 Å². The van der Waals surface area contributed by atoms with Gasteiger partial charge in [0.2, 0.25) is 0 Å². The number of rotatable bonds is 5. The molecule has 0 radical (unpaired) electrons. The van der Waals surface area contributed by atoms with E-state index in [-0.39, 0.29) is 18.6 Å². The summed E-state index contributed by atoms with van der Waals surface area (Å²) in [7, 11) is 3.94. The molecular weight excluding hydrogens is 302 g/mol. The second kappa shape index (κ2) is 7.34. The van der Waals surface area contributed by atoms with E-state index >= 15 is 0 Å². The lowest BCUT2D eigenvalue weighted by atomic mass is 10.1. The SMILES string of the molecule is CN(C)c1cc([C@@H]2CCCN2C(=O)COc2ccccc2)ccn1. The van der Waals surface area contributed by atoms with Crippen LogP contribution in [0.4, 0.5) is 5.82 Å². The zero-order valence-electron chi connectivity index (χ0n) is 14.2. The lowest BCUT2D eigenvalue weighted by Gasteiger charge is -2.26. The molecule has 0 saturated carbocycles. The first-order valence-corrected chi connectivity index (χ1v) is 8.26. The van der Waals surface area contributed by atoms with E-state index in [0.717, 1.165) is 36.5 Å². The molecule has 1 aliphatic rings. The van der Waals surface area contributed by atoms with E-state index in [9.17, 15) is 4.79 Å². The molecule has 2 heterocycles. The third kappa shape index (κ3) is 3.67. The Morgan fingerprint density at radius 3 is 2.83 bits per heavy atom. The van der Waals surface area contributed by atoms with Crippen molar-refractivity contribution in [3.8, 4) is 5.75 Å². The number of hydrogen-bond donors (Lipinski definition) is 0. The van der Waals surface area contributed by atoms with E-state index in [1.54, 1.807) is 0 Å². The number of benzene rings is 1. The summed E-state index contributed by atoms with van der Waals surface area (Å²) >= 11 is 0. The first-order chi connectivity index (χ1) is 11.6. The number of carbonyl (C=O) groups is 1. The molecule has 5 nitrogen and oxygen atoms in total. The van der Waals surface area contributed by atoms with Gasteiger partial charge in [-0.05, 0) is 42.7 Å². The first kappa shape index (κ1) is 16.3. The van der Waals surface area contributed by atoms with Crippen molar-refractivity contribution >= 4 is 11.7 Å². The topological polar surface area (TPSA) is 45.7 Å². The summed E-state index contributed by atoms with van der Waals surface area (Å²) in [5, 5.41) is 0. The number of aromatic nitrogens is 1. The van der Waals surface area contributed by atoms with Crippen LogP contribution in [0.1, 0.15) is 24.4 Å². The van der Waals surface area contributed by atoms with Crippen molar-refractivity contribution in [1.29, 1.82) is 0 Å². The highest BCUT2D eigenvalue weighted by Crippen LogP contribution is 2.32. The molecule has 0 aliphatic carbocycles. The van der Waals surface area contributed by atoms with Crippen molar-refractivity contribution in [2.24, 2.45) is 0 Å². The number of likely N-dealkylation sites (tertiary alicyclic amines) is 1. The van der Waals surface area contributed by atoms with Gasteiger partial charge in [0.1, 0.15) is 11.6 Å². The van der Waals surface area contributed by atoms with Crippen LogP contribution in [0.5, 0.6) is 5.75 Å². The van der Waals surface area contributed by atoms with Gasteiger partial charge in [-0.25, -0.2) is 4.98 Å². The maximum Gasteiger partial charge on any atom is 0.261 e. The Balaban J connectivity index is 1.68. The Labute approximate surface area is 142 Å². The van der Waals surface area contributed by atoms with Gasteiger partial charge in [0.05, 0.1) is 6.04 Å². The van der Waals surface area contributed by atoms with Gasteiger partial charge < -0.3 is 14.5 Å². The van der Waals surface area contributed by atoms with Crippen molar-refractivity contribution in [3.05, 3.63) is 54.2 Å². The van der Waals surface area contributed by atoms with Crippen molar-refractivity contribution < 1.29 is 9.53 Å². The highest BCUT2D eigenvalue weighted by atomic mass is 16.5. The Morgan fingerprint density at radius 1 is 1.29 bits per heavy atom. The predicted octanol–water partition coefficient (Wildman–Crippen LogP) is 2.89. The molecule has 1 amide bonds. The molecule has 1 aromatic heterocycles. The van der Waals surface area contributed by atoms with Crippen molar-refractivity contribution in [3.63, 3.8) is 0 Å². The van der Waals surface area contributed by atoms with Crippen LogP contribution in [0, 0.1) is 0 Å². The van der Waals surface area contributed by atoms with Gasteiger partial charge in [0.25, 0.3) is 5.91 Å². The molecule has 0 N–H and O–H groups in total. The van der Waals surface area contributed by atoms with Crippen LogP contribution in [-0.2, 0) is 4.79 Å². The summed E-state index contributed by atoms with van der Waals surface area (Å²) in [6.07, 6.45) is 3.81. The third-order valence-electron chi connectivity index (χ3n) is 4.29. The van der Waals surface area contributed by atoms with Crippen LogP contribution in [0.2, 0.25) is 0 Å². The normalized spacial score (nSPS) is 16.9. The largest absolute Gasteiger partial charge is 0.484 e. The van der Waals surface area contributed by atoms with E-state index in [2.05, 4.69) is 11.1 Å². The predicted molar refractivity (Wildman–Crippen MR) is 94.2 cm³/mol. The minimum atomic E-state index is 0.0320. The van der Waals surface area contributed by atoms with Gasteiger partial charge in [-0.2, -0.15) is 0 Å². The summed E-state index contributed by atoms with van der Waals surface area (Å²) in [5.74, 6) is 1.66. The van der Waals surface area contributed by atoms with Gasteiger partial charge in [0.15, 0.2) is 6.61 Å². The van der Waals surface area contributed by atoms with E-state index in [1.165, 1.54) is 0 Å². The molecule has 24 heavy (non-hydrogen) atoms. The van der Waals surface area contributed by atoms with Crippen molar-refractivity contribution in [1.82, 2.24) is 9.88 Å². The van der Waals surface area contributed by atoms with Crippen LogP contribution < -0.4 is 9.64 Å². The molecule has 1 aromatic carbocycles. The average molecular weight is 325 g/mol. The maximum absolute atomic E-state index is 12.6. The highest BCUT2D eigenvalue weighted by Gasteiger charge is 2.30. The Bertz CT molecular complexity index is 688. The second-order valence-electron chi connectivity index (χ2n) is 6.19. The smallest absolute Gasteiger partial charge is 0.261 e. The number of amides is 1. The van der Waals surface area contributed by atoms with Crippen LogP contribution in [0.25, 0.3) is 0 Å². The molecular formula is C19H23N3O2. The zero-order chi connectivity index (χ0) is 16.9. The Hall–Kier alpha value is -2.56. The lowest BCUT2D eigenvalue weighted by Crippen LogP contribution is -2.34. The zero-order valence-corrected chi connectivity index (χ0v) is 14.2. The van der Waals surface area contributed by atoms with E-state index in [4.69, 9.17) is 4.74 Å². The number of ether oxygens (including phenoxy) is 1. The van der Waals surface area contributed by atoms with Gasteiger partial charge >= 0.3 is 0 Å². The monoisotopic (exact) mass is 325 g/mol. The fourth-order valence-corrected chi connectivity index (χ4v) is 3.04. The minimum absolute atomic E-state index is 0.0320. The molecule has 1 aliphatic heterocycles. The van der Waals surface area contributed by atoms with Gasteiger partial charge in [-0.15, -0.1) is 0 Å². The number of anilines is 1. The fraction of sp³-hybridized carbons (Fsp3) is 0.368. The summed E-state index contributed by atoms with van der Waals surface area (Å²) in [6, 6.07) is 13.6. The second-order valence-corrected chi connectivity index (χ2v) is 6.19. The molecule has 3 rings (SSSR count). The number of para-hydroxylation sites is 1. The number of nitrogens with zero attached hydrogens (tertiary/aromatic N) is 3. The van der Waals surface area contributed by atoms with Crippen molar-refractivity contribution in [2.45, 2.75) is 18.9 Å². The Kier molecular flexibility index (Phi) is 4.99. The average Bonchev–Trinajstić information content (AvgIpc) is 3.10. The van der Waals surface area contributed by atoms with Gasteiger partial charge in [-0.3, -0.25) is 4.79 Å². The lowest BCUT2D eigenvalue weighted by molar-refractivity contribution is -0.134. The standard InChI is InChI=1S/C19H23N3O2/c1-21(2)18-13-15(10-11-20-18)17-9-6-12-22(17)19(23)14-24-16-7-4-3-5-8-16/h3-5,7-8,10-11,13,17H,6,9,12,14H2,1-2H3/t17-/m0/s1. The highest BCUT2D eigenvalue weighted by molar-refractivity contribution is 5.78. The van der Waals surface area contributed by atoms with E-state index in [1.807, 2.05) is 66.5 Å². The molecule has 2 aromatic rings. The molecule has 0 spiro atoms. The van der Waals surface area contributed by atoms with Crippen LogP contribution >= 0.6 is 0 Å². The molecule has 1 saturated heterocycles. The molecule has 126 valence electrons. The number of hydrogen-bond acceptors (Lipinski definition) is 4. The summed E-state index contributed by atoms with van der Waals surface area (Å²) in [6.45, 7) is 0.855. The first-order valence-electron chi connectivity index (χ1n) is 8.26. The quantitative estimate of drug-likeness (QED) is 0.848. The van der Waals surface area contributed by atoms with Crippen LogP contribution in [0.3, 0.4) is 0 Å². The van der Waals surface area contributed by atoms with E-state index < -0.39 is 0 Å². The van der Waals surface area contributed by atoms with Crippen LogP contribution in [-0.4, -0.2) is 43.0 Å². The van der Waals surface area contributed by atoms with Crippen molar-refractivity contribution in [2.75, 3.05) is 32.1 Å². The van der Waals surface area contributed by atoms with Crippen LogP contribution in [0.15, 0.2) is 48.7 Å². The maximum atomic E-state index is 12.6. The molecule has 1 atom stereocenters.